The maximum atomic E-state index is 5.44. The fourth-order valence-corrected chi connectivity index (χ4v) is 2.67. The zero-order valence-electron chi connectivity index (χ0n) is 12.9. The number of hydrogen-bond donors (Lipinski definition) is 1. The van der Waals surface area contributed by atoms with Crippen molar-refractivity contribution in [1.29, 1.82) is 0 Å². The van der Waals surface area contributed by atoms with Crippen molar-refractivity contribution < 1.29 is 4.74 Å². The smallest absolute Gasteiger partial charge is 0.130 e. The van der Waals surface area contributed by atoms with Crippen molar-refractivity contribution in [2.24, 2.45) is 0 Å². The van der Waals surface area contributed by atoms with Gasteiger partial charge in [0.2, 0.25) is 0 Å². The van der Waals surface area contributed by atoms with E-state index in [1.54, 1.807) is 6.33 Å². The third-order valence-corrected chi connectivity index (χ3v) is 3.87. The van der Waals surface area contributed by atoms with E-state index in [-0.39, 0.29) is 6.04 Å². The Morgan fingerprint density at radius 1 is 1.18 bits per heavy atom. The van der Waals surface area contributed by atoms with Gasteiger partial charge < -0.3 is 10.1 Å². The number of nitrogens with zero attached hydrogens (tertiary/aromatic N) is 3. The lowest BCUT2D eigenvalue weighted by molar-refractivity contribution is 0.0360. The summed E-state index contributed by atoms with van der Waals surface area (Å²) in [7, 11) is 0. The van der Waals surface area contributed by atoms with E-state index in [2.05, 4.69) is 44.5 Å². The second-order valence-corrected chi connectivity index (χ2v) is 5.57. The van der Waals surface area contributed by atoms with E-state index < -0.39 is 0 Å². The zero-order chi connectivity index (χ0) is 15.2. The highest BCUT2D eigenvalue weighted by molar-refractivity contribution is 5.39. The van der Waals surface area contributed by atoms with Crippen LogP contribution in [0, 0.1) is 6.92 Å². The Hall–Kier alpha value is -1.98. The normalized spacial score (nSPS) is 17.1. The first-order valence-corrected chi connectivity index (χ1v) is 7.71. The highest BCUT2D eigenvalue weighted by Gasteiger charge is 2.18. The van der Waals surface area contributed by atoms with Gasteiger partial charge in [-0.15, -0.1) is 0 Å². The summed E-state index contributed by atoms with van der Waals surface area (Å²) in [5, 5.41) is 3.55. The van der Waals surface area contributed by atoms with Gasteiger partial charge in [-0.05, 0) is 12.5 Å². The molecule has 0 bridgehead atoms. The van der Waals surface area contributed by atoms with Gasteiger partial charge in [0.1, 0.15) is 12.1 Å². The molecule has 1 N–H and O–H groups in total. The van der Waals surface area contributed by atoms with E-state index in [9.17, 15) is 0 Å². The second-order valence-electron chi connectivity index (χ2n) is 5.57. The van der Waals surface area contributed by atoms with Crippen molar-refractivity contribution in [3.05, 3.63) is 54.0 Å². The van der Waals surface area contributed by atoms with Gasteiger partial charge in [-0.25, -0.2) is 9.97 Å². The number of morpholine rings is 1. The van der Waals surface area contributed by atoms with E-state index in [1.807, 2.05) is 19.1 Å². The van der Waals surface area contributed by atoms with Crippen molar-refractivity contribution in [3.8, 4) is 0 Å². The van der Waals surface area contributed by atoms with Crippen molar-refractivity contribution in [2.75, 3.05) is 38.2 Å². The Bertz CT molecular complexity index is 584. The number of benzene rings is 1. The summed E-state index contributed by atoms with van der Waals surface area (Å²) >= 11 is 0. The lowest BCUT2D eigenvalue weighted by atomic mass is 10.1. The molecule has 3 rings (SSSR count). The second kappa shape index (κ2) is 7.33. The number of aryl methyl sites for hydroxylation is 1. The van der Waals surface area contributed by atoms with Crippen LogP contribution < -0.4 is 5.32 Å². The van der Waals surface area contributed by atoms with E-state index in [0.29, 0.717) is 0 Å². The van der Waals surface area contributed by atoms with Gasteiger partial charge in [-0.1, -0.05) is 30.3 Å². The summed E-state index contributed by atoms with van der Waals surface area (Å²) in [5.41, 5.74) is 2.24. The van der Waals surface area contributed by atoms with Gasteiger partial charge in [0.05, 0.1) is 19.3 Å². The summed E-state index contributed by atoms with van der Waals surface area (Å²) < 4.78 is 5.44. The van der Waals surface area contributed by atoms with Crippen LogP contribution in [0.15, 0.2) is 42.7 Å². The monoisotopic (exact) mass is 298 g/mol. The predicted molar refractivity (Wildman–Crippen MR) is 86.8 cm³/mol. The van der Waals surface area contributed by atoms with E-state index in [4.69, 9.17) is 4.74 Å². The minimum absolute atomic E-state index is 0.202. The van der Waals surface area contributed by atoms with Crippen LogP contribution in [-0.2, 0) is 4.74 Å². The molecule has 2 heterocycles. The van der Waals surface area contributed by atoms with Gasteiger partial charge in [0.25, 0.3) is 0 Å². The van der Waals surface area contributed by atoms with Crippen molar-refractivity contribution in [2.45, 2.75) is 13.0 Å². The molecule has 1 aliphatic rings. The van der Waals surface area contributed by atoms with Gasteiger partial charge in [0.15, 0.2) is 0 Å². The summed E-state index contributed by atoms with van der Waals surface area (Å²) in [6.45, 7) is 6.51. The van der Waals surface area contributed by atoms with Crippen LogP contribution in [0.2, 0.25) is 0 Å². The third-order valence-electron chi connectivity index (χ3n) is 3.87. The molecule has 5 nitrogen and oxygen atoms in total. The molecule has 1 aromatic carbocycles. The summed E-state index contributed by atoms with van der Waals surface area (Å²) in [6.07, 6.45) is 1.61. The molecule has 2 aromatic rings. The van der Waals surface area contributed by atoms with E-state index in [1.165, 1.54) is 5.56 Å². The first-order valence-electron chi connectivity index (χ1n) is 7.71. The zero-order valence-corrected chi connectivity index (χ0v) is 12.9. The Kier molecular flexibility index (Phi) is 4.98. The van der Waals surface area contributed by atoms with Gasteiger partial charge in [-0.2, -0.15) is 0 Å². The highest BCUT2D eigenvalue weighted by atomic mass is 16.5. The molecule has 0 amide bonds. The molecule has 0 radical (unpaired) electrons. The van der Waals surface area contributed by atoms with Crippen LogP contribution in [0.3, 0.4) is 0 Å². The first-order chi connectivity index (χ1) is 10.8. The minimum atomic E-state index is 0.202. The minimum Gasteiger partial charge on any atom is -0.379 e. The lowest BCUT2D eigenvalue weighted by Gasteiger charge is -2.31. The maximum absolute atomic E-state index is 5.44. The average molecular weight is 298 g/mol. The number of aromatic nitrogens is 2. The largest absolute Gasteiger partial charge is 0.379 e. The van der Waals surface area contributed by atoms with Crippen LogP contribution in [0.5, 0.6) is 0 Å². The number of hydrogen-bond acceptors (Lipinski definition) is 5. The van der Waals surface area contributed by atoms with Gasteiger partial charge in [0, 0.05) is 31.4 Å². The highest BCUT2D eigenvalue weighted by Crippen LogP contribution is 2.20. The van der Waals surface area contributed by atoms with Crippen LogP contribution in [0.4, 0.5) is 5.82 Å². The first kappa shape index (κ1) is 14.9. The molecule has 22 heavy (non-hydrogen) atoms. The molecule has 0 aliphatic carbocycles. The standard InChI is InChI=1S/C17H22N4O/c1-14-11-17(19-13-18-14)20-16(15-5-3-2-4-6-15)12-21-7-9-22-10-8-21/h2-6,11,13,16H,7-10,12H2,1H3,(H,18,19,20). The molecule has 1 aliphatic heterocycles. The van der Waals surface area contributed by atoms with Crippen LogP contribution in [0.1, 0.15) is 17.3 Å². The Balaban J connectivity index is 1.76. The molecule has 1 unspecified atom stereocenters. The third kappa shape index (κ3) is 4.02. The molecule has 1 fully saturated rings. The van der Waals surface area contributed by atoms with Gasteiger partial charge >= 0.3 is 0 Å². The molecule has 1 atom stereocenters. The molecule has 5 heteroatoms. The molecular formula is C17H22N4O. The van der Waals surface area contributed by atoms with Crippen LogP contribution in [-0.4, -0.2) is 47.7 Å². The quantitative estimate of drug-likeness (QED) is 0.917. The molecule has 1 saturated heterocycles. The topological polar surface area (TPSA) is 50.3 Å². The number of anilines is 1. The molecule has 0 saturated carbocycles. The molecular weight excluding hydrogens is 276 g/mol. The van der Waals surface area contributed by atoms with E-state index in [0.717, 1.165) is 44.4 Å². The summed E-state index contributed by atoms with van der Waals surface area (Å²) in [4.78, 5) is 10.9. The molecule has 0 spiro atoms. The Morgan fingerprint density at radius 3 is 2.68 bits per heavy atom. The summed E-state index contributed by atoms with van der Waals surface area (Å²) in [6, 6.07) is 12.7. The Labute approximate surface area is 131 Å². The SMILES string of the molecule is Cc1cc(NC(CN2CCOCC2)c2ccccc2)ncn1. The molecule has 1 aromatic heterocycles. The van der Waals surface area contributed by atoms with Gasteiger partial charge in [-0.3, -0.25) is 4.90 Å². The predicted octanol–water partition coefficient (Wildman–Crippen LogP) is 2.27. The molecule has 116 valence electrons. The number of rotatable bonds is 5. The summed E-state index contributed by atoms with van der Waals surface area (Å²) in [5.74, 6) is 0.870. The lowest BCUT2D eigenvalue weighted by Crippen LogP contribution is -2.40. The van der Waals surface area contributed by atoms with Crippen molar-refractivity contribution in [3.63, 3.8) is 0 Å². The van der Waals surface area contributed by atoms with Crippen LogP contribution >= 0.6 is 0 Å². The van der Waals surface area contributed by atoms with Crippen LogP contribution in [0.25, 0.3) is 0 Å². The van der Waals surface area contributed by atoms with Crippen molar-refractivity contribution in [1.82, 2.24) is 14.9 Å². The number of nitrogens with one attached hydrogen (secondary N) is 1. The average Bonchev–Trinajstić information content (AvgIpc) is 2.56. The Morgan fingerprint density at radius 2 is 1.95 bits per heavy atom. The number of ether oxygens (including phenoxy) is 1. The fraction of sp³-hybridized carbons (Fsp3) is 0.412. The van der Waals surface area contributed by atoms with Crippen molar-refractivity contribution >= 4 is 5.82 Å². The maximum Gasteiger partial charge on any atom is 0.130 e. The van der Waals surface area contributed by atoms with E-state index >= 15 is 0 Å². The fourth-order valence-electron chi connectivity index (χ4n) is 2.67.